The molecule has 118 valence electrons. The number of halogens is 1. The number of hydrogen-bond acceptors (Lipinski definition) is 5. The average Bonchev–Trinajstić information content (AvgIpc) is 3.04. The highest BCUT2D eigenvalue weighted by Gasteiger charge is 2.14. The van der Waals surface area contributed by atoms with E-state index < -0.39 is 5.82 Å². The van der Waals surface area contributed by atoms with Gasteiger partial charge in [-0.15, -0.1) is 5.10 Å². The zero-order chi connectivity index (χ0) is 15.9. The highest BCUT2D eigenvalue weighted by atomic mass is 32.2. The first-order valence-electron chi connectivity index (χ1n) is 6.73. The number of anilines is 1. The van der Waals surface area contributed by atoms with Crippen LogP contribution >= 0.6 is 11.8 Å². The van der Waals surface area contributed by atoms with Gasteiger partial charge in [-0.25, -0.2) is 13.9 Å². The fraction of sp³-hybridized carbons (Fsp3) is 0.385. The summed E-state index contributed by atoms with van der Waals surface area (Å²) in [7, 11) is 0. The number of tetrazole rings is 1. The van der Waals surface area contributed by atoms with E-state index in [9.17, 15) is 9.18 Å². The van der Waals surface area contributed by atoms with Crippen LogP contribution in [0.1, 0.15) is 6.92 Å². The molecule has 0 fully saturated rings. The van der Waals surface area contributed by atoms with Crippen LogP contribution in [0.25, 0.3) is 5.69 Å². The van der Waals surface area contributed by atoms with Crippen molar-refractivity contribution in [3.63, 3.8) is 0 Å². The zero-order valence-corrected chi connectivity index (χ0v) is 13.2. The second kappa shape index (κ2) is 7.74. The SMILES string of the molecule is CCN(CCSC)C(=O)Nc1cc(-n2cnnn2)ccc1F. The molecule has 0 unspecified atom stereocenters. The van der Waals surface area contributed by atoms with Crippen molar-refractivity contribution in [1.29, 1.82) is 0 Å². The van der Waals surface area contributed by atoms with Crippen molar-refractivity contribution >= 4 is 23.5 Å². The van der Waals surface area contributed by atoms with Crippen molar-refractivity contribution in [3.05, 3.63) is 30.3 Å². The van der Waals surface area contributed by atoms with Crippen molar-refractivity contribution in [3.8, 4) is 5.69 Å². The van der Waals surface area contributed by atoms with Gasteiger partial charge in [-0.1, -0.05) is 0 Å². The molecule has 0 spiro atoms. The van der Waals surface area contributed by atoms with Crippen LogP contribution in [-0.2, 0) is 0 Å². The Kier molecular flexibility index (Phi) is 5.70. The van der Waals surface area contributed by atoms with Crippen molar-refractivity contribution in [2.75, 3.05) is 30.4 Å². The van der Waals surface area contributed by atoms with Crippen LogP contribution in [0.5, 0.6) is 0 Å². The largest absolute Gasteiger partial charge is 0.324 e. The number of carbonyl (C=O) groups excluding carboxylic acids is 1. The monoisotopic (exact) mass is 324 g/mol. The highest BCUT2D eigenvalue weighted by Crippen LogP contribution is 2.18. The van der Waals surface area contributed by atoms with Crippen LogP contribution in [0.15, 0.2) is 24.5 Å². The summed E-state index contributed by atoms with van der Waals surface area (Å²) in [5.74, 6) is 0.320. The molecule has 0 saturated carbocycles. The van der Waals surface area contributed by atoms with Gasteiger partial charge in [0.15, 0.2) is 0 Å². The molecule has 2 rings (SSSR count). The third-order valence-electron chi connectivity index (χ3n) is 3.04. The molecule has 7 nitrogen and oxygen atoms in total. The molecule has 1 N–H and O–H groups in total. The number of urea groups is 1. The fourth-order valence-electron chi connectivity index (χ4n) is 1.83. The van der Waals surface area contributed by atoms with Crippen LogP contribution < -0.4 is 5.32 Å². The molecule has 0 saturated heterocycles. The van der Waals surface area contributed by atoms with E-state index in [0.29, 0.717) is 18.8 Å². The summed E-state index contributed by atoms with van der Waals surface area (Å²) in [6, 6.07) is 3.97. The summed E-state index contributed by atoms with van der Waals surface area (Å²) in [6.07, 6.45) is 3.37. The highest BCUT2D eigenvalue weighted by molar-refractivity contribution is 7.98. The number of nitrogens with one attached hydrogen (secondary N) is 1. The minimum atomic E-state index is -0.508. The van der Waals surface area contributed by atoms with E-state index in [4.69, 9.17) is 0 Å². The Bertz CT molecular complexity index is 621. The molecule has 1 aromatic carbocycles. The summed E-state index contributed by atoms with van der Waals surface area (Å²) in [6.45, 7) is 3.05. The first-order valence-corrected chi connectivity index (χ1v) is 8.13. The fourth-order valence-corrected chi connectivity index (χ4v) is 2.23. The van der Waals surface area contributed by atoms with Crippen molar-refractivity contribution < 1.29 is 9.18 Å². The van der Waals surface area contributed by atoms with E-state index in [0.717, 1.165) is 5.75 Å². The normalized spacial score (nSPS) is 10.5. The predicted molar refractivity (Wildman–Crippen MR) is 83.8 cm³/mol. The van der Waals surface area contributed by atoms with E-state index in [2.05, 4.69) is 20.8 Å². The Hall–Kier alpha value is -2.16. The lowest BCUT2D eigenvalue weighted by Crippen LogP contribution is -2.36. The van der Waals surface area contributed by atoms with Crippen molar-refractivity contribution in [2.24, 2.45) is 0 Å². The average molecular weight is 324 g/mol. The van der Waals surface area contributed by atoms with Crippen molar-refractivity contribution in [1.82, 2.24) is 25.1 Å². The standard InChI is InChI=1S/C13H17FN6OS/c1-3-19(6-7-22-2)13(21)16-12-8-10(4-5-11(12)14)20-9-15-17-18-20/h4-5,8-9H,3,6-7H2,1-2H3,(H,16,21). The molecule has 2 aromatic rings. The lowest BCUT2D eigenvalue weighted by molar-refractivity contribution is 0.217. The van der Waals surface area contributed by atoms with Crippen LogP contribution in [0.4, 0.5) is 14.9 Å². The molecular formula is C13H17FN6OS. The first-order chi connectivity index (χ1) is 10.7. The first kappa shape index (κ1) is 16.2. The third-order valence-corrected chi connectivity index (χ3v) is 3.63. The molecule has 9 heteroatoms. The van der Waals surface area contributed by atoms with E-state index >= 15 is 0 Å². The van der Waals surface area contributed by atoms with Gasteiger partial charge < -0.3 is 10.2 Å². The van der Waals surface area contributed by atoms with Crippen molar-refractivity contribution in [2.45, 2.75) is 6.92 Å². The van der Waals surface area contributed by atoms with Gasteiger partial charge in [0.2, 0.25) is 0 Å². The Labute approximate surface area is 131 Å². The Morgan fingerprint density at radius 3 is 2.95 bits per heavy atom. The summed E-state index contributed by atoms with van der Waals surface area (Å²) >= 11 is 1.65. The number of benzene rings is 1. The van der Waals surface area contributed by atoms with Gasteiger partial charge in [0, 0.05) is 18.8 Å². The molecule has 0 atom stereocenters. The minimum Gasteiger partial charge on any atom is -0.324 e. The van der Waals surface area contributed by atoms with Gasteiger partial charge in [0.1, 0.15) is 12.1 Å². The van der Waals surface area contributed by atoms with Gasteiger partial charge in [-0.3, -0.25) is 0 Å². The molecule has 0 aliphatic rings. The summed E-state index contributed by atoms with van der Waals surface area (Å²) in [5.41, 5.74) is 0.662. The van der Waals surface area contributed by atoms with Gasteiger partial charge in [-0.05, 0) is 41.8 Å². The second-order valence-corrected chi connectivity index (χ2v) is 5.41. The number of carbonyl (C=O) groups is 1. The molecule has 1 aromatic heterocycles. The number of hydrogen-bond donors (Lipinski definition) is 1. The van der Waals surface area contributed by atoms with E-state index in [1.165, 1.54) is 29.2 Å². The minimum absolute atomic E-state index is 0.0978. The molecule has 0 radical (unpaired) electrons. The van der Waals surface area contributed by atoms with Gasteiger partial charge in [-0.2, -0.15) is 11.8 Å². The molecular weight excluding hydrogens is 307 g/mol. The lowest BCUT2D eigenvalue weighted by Gasteiger charge is -2.21. The number of amides is 2. The summed E-state index contributed by atoms with van der Waals surface area (Å²) in [4.78, 5) is 13.8. The van der Waals surface area contributed by atoms with Crippen LogP contribution in [-0.4, -0.2) is 56.2 Å². The maximum absolute atomic E-state index is 13.9. The zero-order valence-electron chi connectivity index (χ0n) is 12.4. The summed E-state index contributed by atoms with van der Waals surface area (Å²) in [5, 5.41) is 13.4. The molecule has 2 amide bonds. The Balaban J connectivity index is 2.14. The topological polar surface area (TPSA) is 75.9 Å². The second-order valence-electron chi connectivity index (χ2n) is 4.42. The predicted octanol–water partition coefficient (Wildman–Crippen LogP) is 2.02. The molecule has 22 heavy (non-hydrogen) atoms. The summed E-state index contributed by atoms with van der Waals surface area (Å²) < 4.78 is 15.3. The van der Waals surface area contributed by atoms with Crippen LogP contribution in [0, 0.1) is 5.82 Å². The molecule has 1 heterocycles. The van der Waals surface area contributed by atoms with Gasteiger partial charge >= 0.3 is 6.03 Å². The molecule has 0 aliphatic heterocycles. The smallest absolute Gasteiger partial charge is 0.321 e. The Morgan fingerprint density at radius 1 is 1.50 bits per heavy atom. The van der Waals surface area contributed by atoms with Gasteiger partial charge in [0.25, 0.3) is 0 Å². The quantitative estimate of drug-likeness (QED) is 0.880. The van der Waals surface area contributed by atoms with E-state index in [-0.39, 0.29) is 11.7 Å². The number of thioether (sulfide) groups is 1. The molecule has 0 aliphatic carbocycles. The number of rotatable bonds is 6. The maximum Gasteiger partial charge on any atom is 0.321 e. The third kappa shape index (κ3) is 3.94. The van der Waals surface area contributed by atoms with E-state index in [1.807, 2.05) is 13.2 Å². The van der Waals surface area contributed by atoms with E-state index in [1.54, 1.807) is 16.7 Å². The molecule has 0 bridgehead atoms. The van der Waals surface area contributed by atoms with Crippen LogP contribution in [0.2, 0.25) is 0 Å². The number of aromatic nitrogens is 4. The maximum atomic E-state index is 13.9. The lowest BCUT2D eigenvalue weighted by atomic mass is 10.2. The van der Waals surface area contributed by atoms with Gasteiger partial charge in [0.05, 0.1) is 11.4 Å². The Morgan fingerprint density at radius 2 is 2.32 bits per heavy atom. The number of nitrogens with zero attached hydrogens (tertiary/aromatic N) is 5. The van der Waals surface area contributed by atoms with Crippen LogP contribution in [0.3, 0.4) is 0 Å².